The monoisotopic (exact) mass is 514 g/mol. The normalized spacial score (nSPS) is 12.9. The molecule has 0 aliphatic rings. The van der Waals surface area contributed by atoms with E-state index in [1.807, 2.05) is 25.5 Å². The largest absolute Gasteiger partial charge is 0.367 e. The maximum atomic E-state index is 13.4. The van der Waals surface area contributed by atoms with Crippen LogP contribution in [0.15, 0.2) is 55.0 Å². The molecular formula is C31H42N6O. The highest BCUT2D eigenvalue weighted by Gasteiger charge is 2.23. The second kappa shape index (κ2) is 13.8. The van der Waals surface area contributed by atoms with Gasteiger partial charge in [-0.05, 0) is 47.9 Å². The van der Waals surface area contributed by atoms with Crippen LogP contribution in [-0.4, -0.2) is 33.3 Å². The lowest BCUT2D eigenvalue weighted by molar-refractivity contribution is -0.123. The first-order chi connectivity index (χ1) is 18.2. The number of hydrogen-bond acceptors (Lipinski definition) is 5. The van der Waals surface area contributed by atoms with Crippen LogP contribution in [0, 0.1) is 16.7 Å². The molecule has 2 heterocycles. The Hall–Kier alpha value is -3.66. The number of benzene rings is 1. The quantitative estimate of drug-likeness (QED) is 0.274. The molecule has 1 aromatic carbocycles. The van der Waals surface area contributed by atoms with Gasteiger partial charge >= 0.3 is 0 Å². The van der Waals surface area contributed by atoms with E-state index in [2.05, 4.69) is 78.7 Å². The maximum Gasteiger partial charge on any atom is 0.227 e. The summed E-state index contributed by atoms with van der Waals surface area (Å²) in [5.74, 6) is 0.664. The Morgan fingerprint density at radius 3 is 2.34 bits per heavy atom. The van der Waals surface area contributed by atoms with Gasteiger partial charge in [-0.25, -0.2) is 4.98 Å². The van der Waals surface area contributed by atoms with Crippen molar-refractivity contribution in [2.45, 2.75) is 78.2 Å². The van der Waals surface area contributed by atoms with Gasteiger partial charge in [0.1, 0.15) is 11.9 Å². The summed E-state index contributed by atoms with van der Waals surface area (Å²) >= 11 is 0. The Morgan fingerprint density at radius 1 is 1.03 bits per heavy atom. The van der Waals surface area contributed by atoms with E-state index in [1.165, 1.54) is 0 Å². The summed E-state index contributed by atoms with van der Waals surface area (Å²) in [6, 6.07) is 14.4. The fourth-order valence-corrected chi connectivity index (χ4v) is 4.46. The summed E-state index contributed by atoms with van der Waals surface area (Å²) in [5, 5.41) is 20.1. The second-order valence-corrected chi connectivity index (χ2v) is 11.3. The van der Waals surface area contributed by atoms with Crippen LogP contribution in [0.25, 0.3) is 11.1 Å². The Labute approximate surface area is 227 Å². The second-order valence-electron chi connectivity index (χ2n) is 11.3. The van der Waals surface area contributed by atoms with Crippen LogP contribution < -0.4 is 10.6 Å². The predicted octanol–water partition coefficient (Wildman–Crippen LogP) is 6.44. The van der Waals surface area contributed by atoms with Crippen LogP contribution in [0.1, 0.15) is 83.3 Å². The smallest absolute Gasteiger partial charge is 0.227 e. The number of nitriles is 1. The molecule has 7 heteroatoms. The molecule has 2 N–H and O–H groups in total. The Balaban J connectivity index is 1.70. The van der Waals surface area contributed by atoms with Crippen LogP contribution in [0.3, 0.4) is 0 Å². The van der Waals surface area contributed by atoms with Gasteiger partial charge in [-0.3, -0.25) is 9.48 Å². The minimum atomic E-state index is -0.208. The van der Waals surface area contributed by atoms with Crippen LogP contribution in [0.2, 0.25) is 0 Å². The fraction of sp³-hybridized carbons (Fsp3) is 0.484. The highest BCUT2D eigenvalue weighted by atomic mass is 16.1. The van der Waals surface area contributed by atoms with Crippen LogP contribution in [0.5, 0.6) is 0 Å². The number of aryl methyl sites for hydroxylation is 1. The number of amides is 1. The number of carbonyl (C=O) groups is 1. The zero-order valence-electron chi connectivity index (χ0n) is 23.5. The number of carbonyl (C=O) groups excluding carboxylic acids is 1. The molecule has 0 aliphatic carbocycles. The first-order valence-corrected chi connectivity index (χ1v) is 13.7. The van der Waals surface area contributed by atoms with Crippen molar-refractivity contribution in [1.29, 1.82) is 5.26 Å². The van der Waals surface area contributed by atoms with E-state index in [-0.39, 0.29) is 23.3 Å². The Bertz CT molecular complexity index is 1180. The number of nitrogens with one attached hydrogen (secondary N) is 2. The molecular weight excluding hydrogens is 472 g/mol. The molecule has 0 saturated carbocycles. The lowest BCUT2D eigenvalue weighted by atomic mass is 9.89. The number of anilines is 1. The van der Waals surface area contributed by atoms with Crippen molar-refractivity contribution in [3.05, 3.63) is 66.1 Å². The van der Waals surface area contributed by atoms with Crippen LogP contribution >= 0.6 is 0 Å². The van der Waals surface area contributed by atoms with Crippen molar-refractivity contribution in [3.63, 3.8) is 0 Å². The molecule has 0 radical (unpaired) electrons. The number of unbranched alkanes of at least 4 members (excludes halogenated alkanes) is 1. The molecule has 0 saturated heterocycles. The number of nitrogens with zero attached hydrogens (tertiary/aromatic N) is 4. The van der Waals surface area contributed by atoms with Gasteiger partial charge in [-0.15, -0.1) is 0 Å². The molecule has 7 nitrogen and oxygen atoms in total. The van der Waals surface area contributed by atoms with Gasteiger partial charge in [0.05, 0.1) is 17.7 Å². The third-order valence-corrected chi connectivity index (χ3v) is 6.66. The summed E-state index contributed by atoms with van der Waals surface area (Å²) in [7, 11) is 1.91. The van der Waals surface area contributed by atoms with Crippen LogP contribution in [-0.2, 0) is 11.8 Å². The van der Waals surface area contributed by atoms with Crippen LogP contribution in [0.4, 0.5) is 5.82 Å². The average Bonchev–Trinajstić information content (AvgIpc) is 3.34. The van der Waals surface area contributed by atoms with Gasteiger partial charge in [0.2, 0.25) is 5.91 Å². The van der Waals surface area contributed by atoms with E-state index in [0.29, 0.717) is 12.1 Å². The molecule has 2 unspecified atom stereocenters. The fourth-order valence-electron chi connectivity index (χ4n) is 4.46. The minimum absolute atomic E-state index is 0.0215. The van der Waals surface area contributed by atoms with Gasteiger partial charge in [0, 0.05) is 37.6 Å². The SMILES string of the molecule is CCCCC(CCCC(C(=O)NCC(C)(C)C)c1ccc(-c2cnn(C)c2)cc1)Nc1ccc(C#N)cn1. The van der Waals surface area contributed by atoms with Gasteiger partial charge < -0.3 is 10.6 Å². The molecule has 202 valence electrons. The van der Waals surface area contributed by atoms with Gasteiger partial charge in [-0.2, -0.15) is 10.4 Å². The summed E-state index contributed by atoms with van der Waals surface area (Å²) in [5.41, 5.74) is 3.77. The van der Waals surface area contributed by atoms with Crippen molar-refractivity contribution < 1.29 is 4.79 Å². The van der Waals surface area contributed by atoms with E-state index in [4.69, 9.17) is 5.26 Å². The van der Waals surface area contributed by atoms with E-state index >= 15 is 0 Å². The molecule has 0 bridgehead atoms. The molecule has 0 aliphatic heterocycles. The third kappa shape index (κ3) is 9.02. The molecule has 3 rings (SSSR count). The zero-order chi connectivity index (χ0) is 27.5. The summed E-state index contributed by atoms with van der Waals surface area (Å²) < 4.78 is 1.79. The number of rotatable bonds is 13. The summed E-state index contributed by atoms with van der Waals surface area (Å²) in [6.07, 6.45) is 11.4. The van der Waals surface area contributed by atoms with Crippen molar-refractivity contribution in [1.82, 2.24) is 20.1 Å². The summed E-state index contributed by atoms with van der Waals surface area (Å²) in [4.78, 5) is 17.8. The lowest BCUT2D eigenvalue weighted by Crippen LogP contribution is -2.35. The molecule has 2 aromatic heterocycles. The van der Waals surface area contributed by atoms with E-state index in [1.54, 1.807) is 16.9 Å². The first kappa shape index (κ1) is 28.9. The zero-order valence-corrected chi connectivity index (χ0v) is 23.5. The van der Waals surface area contributed by atoms with Crippen molar-refractivity contribution in [2.75, 3.05) is 11.9 Å². The van der Waals surface area contributed by atoms with Gasteiger partial charge in [0.25, 0.3) is 0 Å². The topological polar surface area (TPSA) is 95.6 Å². The lowest BCUT2D eigenvalue weighted by Gasteiger charge is -2.24. The van der Waals surface area contributed by atoms with Crippen molar-refractivity contribution in [3.8, 4) is 17.2 Å². The average molecular weight is 515 g/mol. The van der Waals surface area contributed by atoms with E-state index in [9.17, 15) is 4.79 Å². The number of aromatic nitrogens is 3. The van der Waals surface area contributed by atoms with Gasteiger partial charge in [0.15, 0.2) is 0 Å². The minimum Gasteiger partial charge on any atom is -0.367 e. The molecule has 1 amide bonds. The van der Waals surface area contributed by atoms with E-state index < -0.39 is 0 Å². The van der Waals surface area contributed by atoms with Crippen molar-refractivity contribution in [2.24, 2.45) is 12.5 Å². The Kier molecular flexibility index (Phi) is 10.5. The highest BCUT2D eigenvalue weighted by molar-refractivity contribution is 5.84. The van der Waals surface area contributed by atoms with Gasteiger partial charge in [-0.1, -0.05) is 71.2 Å². The predicted molar refractivity (Wildman–Crippen MR) is 154 cm³/mol. The highest BCUT2D eigenvalue weighted by Crippen LogP contribution is 2.28. The molecule has 0 fully saturated rings. The van der Waals surface area contributed by atoms with Crippen molar-refractivity contribution >= 4 is 11.7 Å². The molecule has 3 aromatic rings. The standard InChI is InChI=1S/C31H42N6O/c1-6-7-9-27(36-29-17-12-23(18-32)19-33-29)10-8-11-28(30(38)34-22-31(2,3)4)25-15-13-24(14-16-25)26-20-35-37(5)21-26/h12-17,19-21,27-28H,6-11,22H2,1-5H3,(H,33,36)(H,34,38). The number of hydrogen-bond donors (Lipinski definition) is 2. The first-order valence-electron chi connectivity index (χ1n) is 13.7. The molecule has 0 spiro atoms. The molecule has 2 atom stereocenters. The summed E-state index contributed by atoms with van der Waals surface area (Å²) in [6.45, 7) is 9.23. The maximum absolute atomic E-state index is 13.4. The third-order valence-electron chi connectivity index (χ3n) is 6.66. The Morgan fingerprint density at radius 2 is 1.76 bits per heavy atom. The number of pyridine rings is 1. The molecule has 38 heavy (non-hydrogen) atoms. The van der Waals surface area contributed by atoms with E-state index in [0.717, 1.165) is 61.0 Å².